The molecule has 48 heavy (non-hydrogen) atoms. The minimum Gasteiger partial charge on any atom is -0.432 e. The number of aromatic nitrogens is 1. The van der Waals surface area contributed by atoms with E-state index in [1.165, 1.54) is 11.8 Å². The summed E-state index contributed by atoms with van der Waals surface area (Å²) in [5, 5.41) is 5.32. The van der Waals surface area contributed by atoms with E-state index in [0.29, 0.717) is 16.9 Å². The number of rotatable bonds is 5. The van der Waals surface area contributed by atoms with E-state index in [2.05, 4.69) is 55.5 Å². The third-order valence-corrected chi connectivity index (χ3v) is 10.4. The molecule has 1 N–H and O–H groups in total. The van der Waals surface area contributed by atoms with Gasteiger partial charge in [0, 0.05) is 65.5 Å². The maximum Gasteiger partial charge on any atom is 2.00 e. The van der Waals surface area contributed by atoms with Crippen LogP contribution in [0.4, 0.5) is 5.69 Å². The van der Waals surface area contributed by atoms with Crippen molar-refractivity contribution in [1.82, 2.24) is 9.88 Å². The predicted molar refractivity (Wildman–Crippen MR) is 183 cm³/mol. The normalized spacial score (nSPS) is 34.2. The van der Waals surface area contributed by atoms with Gasteiger partial charge in [-0.05, 0) is 122 Å². The first-order chi connectivity index (χ1) is 22.6. The Morgan fingerprint density at radius 2 is 1.69 bits per heavy atom. The number of pyridine rings is 1. The number of benzene rings is 1. The molecule has 3 aliphatic carbocycles. The summed E-state index contributed by atoms with van der Waals surface area (Å²) in [6.45, 7) is 7.82. The Hall–Kier alpha value is -1.45. The SMILES string of the molecule is CN(C)C[C]1[CH][CH][CH][C]1CNc1ccnc2cc(Cl)ccc12.C[C@@H]1CC[C@H]2[C@@H](C)C(=O)O[C@@H]3O[C@@]4(C)CC[C@@H]1[C@]32OO4.[CH]1[CH][CH][CH][CH]1.[Fe+2]. The molecule has 10 heteroatoms. The molecule has 7 aliphatic rings. The van der Waals surface area contributed by atoms with Crippen LogP contribution < -0.4 is 5.32 Å². The van der Waals surface area contributed by atoms with E-state index in [-0.39, 0.29) is 34.9 Å². The molecule has 1 aromatic heterocycles. The molecule has 10 radical (unpaired) electrons. The van der Waals surface area contributed by atoms with Crippen LogP contribution in [0.15, 0.2) is 30.5 Å². The van der Waals surface area contributed by atoms with Gasteiger partial charge >= 0.3 is 23.0 Å². The molecule has 8 nitrogen and oxygen atoms in total. The Morgan fingerprint density at radius 1 is 0.958 bits per heavy atom. The summed E-state index contributed by atoms with van der Waals surface area (Å²) < 4.78 is 11.6. The average molecular weight is 716 g/mol. The molecular formula is C38H46ClFeN3O5+2. The Morgan fingerprint density at radius 3 is 2.42 bits per heavy atom. The van der Waals surface area contributed by atoms with Gasteiger partial charge in [0.15, 0.2) is 5.60 Å². The molecule has 0 unspecified atom stereocenters. The van der Waals surface area contributed by atoms with Gasteiger partial charge in [0.05, 0.1) is 11.4 Å². The Balaban J connectivity index is 0.000000161. The number of hydrogen-bond donors (Lipinski definition) is 1. The average Bonchev–Trinajstić information content (AvgIpc) is 3.72. The standard InChI is InChI=1S/C18H19ClN3.C15H22O5.C5H5.Fe/c1-22(2)12-14-5-3-4-13(14)11-21-17-8-9-20-18-10-15(19)6-7-16(17)18;1-8-4-5-11-9(2)12(16)17-13-15(11)10(8)6-7-14(3,18-13)19-20-15;1-2-4-5-3-1;/h3-10H,11-12H2,1-2H3,(H,20,21);8-11,13H,4-7H2,1-3H3;1-5H;/q;;;+2/t;8-,9-,10+,11+,13-,14-,15-;;/m.1../s1. The van der Waals surface area contributed by atoms with E-state index in [9.17, 15) is 4.79 Å². The van der Waals surface area contributed by atoms with Crippen LogP contribution in [0.3, 0.4) is 0 Å². The van der Waals surface area contributed by atoms with Crippen molar-refractivity contribution in [2.24, 2.45) is 23.7 Å². The number of hydrogen-bond acceptors (Lipinski definition) is 8. The second-order valence-corrected chi connectivity index (χ2v) is 14.2. The quantitative estimate of drug-likeness (QED) is 0.201. The van der Waals surface area contributed by atoms with E-state index < -0.39 is 17.7 Å². The molecule has 2 aromatic rings. The summed E-state index contributed by atoms with van der Waals surface area (Å²) in [5.41, 5.74) is 1.38. The Bertz CT molecular complexity index is 1370. The summed E-state index contributed by atoms with van der Waals surface area (Å²) >= 11 is 6.03. The van der Waals surface area contributed by atoms with Crippen LogP contribution in [0.5, 0.6) is 0 Å². The molecular weight excluding hydrogens is 670 g/mol. The molecule has 9 rings (SSSR count). The van der Waals surface area contributed by atoms with Crippen molar-refractivity contribution in [3.05, 3.63) is 98.7 Å². The van der Waals surface area contributed by atoms with Gasteiger partial charge in [0.25, 0.3) is 0 Å². The van der Waals surface area contributed by atoms with Crippen molar-refractivity contribution in [3.8, 4) is 0 Å². The monoisotopic (exact) mass is 715 g/mol. The van der Waals surface area contributed by atoms with Gasteiger partial charge in [-0.3, -0.25) is 9.78 Å². The number of nitrogens with zero attached hydrogens (tertiary/aromatic N) is 2. The molecule has 5 heterocycles. The summed E-state index contributed by atoms with van der Waals surface area (Å²) in [6.07, 6.45) is 21.5. The van der Waals surface area contributed by atoms with E-state index >= 15 is 0 Å². The predicted octanol–water partition coefficient (Wildman–Crippen LogP) is 7.05. The molecule has 1 aromatic carbocycles. The third kappa shape index (κ3) is 8.03. The third-order valence-electron chi connectivity index (χ3n) is 10.2. The van der Waals surface area contributed by atoms with Gasteiger partial charge < -0.3 is 19.7 Å². The van der Waals surface area contributed by atoms with Crippen molar-refractivity contribution in [3.63, 3.8) is 0 Å². The van der Waals surface area contributed by atoms with Crippen LogP contribution in [-0.2, 0) is 41.1 Å². The number of halogens is 1. The molecule has 2 bridgehead atoms. The van der Waals surface area contributed by atoms with Crippen LogP contribution in [0.2, 0.25) is 5.02 Å². The molecule has 1 spiro atoms. The second kappa shape index (κ2) is 16.3. The number of carbonyl (C=O) groups is 1. The first kappa shape index (κ1) is 37.8. The summed E-state index contributed by atoms with van der Waals surface area (Å²) in [4.78, 5) is 30.2. The fourth-order valence-corrected chi connectivity index (χ4v) is 7.88. The molecule has 7 fully saturated rings. The first-order valence-corrected chi connectivity index (χ1v) is 17.1. The van der Waals surface area contributed by atoms with Crippen molar-refractivity contribution in [2.75, 3.05) is 32.5 Å². The van der Waals surface area contributed by atoms with Gasteiger partial charge in [-0.15, -0.1) is 0 Å². The topological polar surface area (TPSA) is 82.2 Å². The molecule has 7 atom stereocenters. The molecule has 0 amide bonds. The van der Waals surface area contributed by atoms with Crippen molar-refractivity contribution in [1.29, 1.82) is 0 Å². The van der Waals surface area contributed by atoms with Crippen LogP contribution in [0.25, 0.3) is 10.9 Å². The van der Waals surface area contributed by atoms with Crippen molar-refractivity contribution >= 4 is 34.2 Å². The van der Waals surface area contributed by atoms with E-state index in [1.54, 1.807) is 0 Å². The van der Waals surface area contributed by atoms with E-state index in [4.69, 9.17) is 30.8 Å². The second-order valence-electron chi connectivity index (χ2n) is 13.8. The number of fused-ring (bicyclic) bond motifs is 3. The molecule has 4 aliphatic heterocycles. The minimum absolute atomic E-state index is 0. The van der Waals surface area contributed by atoms with Crippen LogP contribution in [0, 0.1) is 86.9 Å². The molecule has 256 valence electrons. The zero-order valence-corrected chi connectivity index (χ0v) is 30.2. The number of ether oxygens (including phenoxy) is 2. The smallest absolute Gasteiger partial charge is 0.432 e. The van der Waals surface area contributed by atoms with Crippen molar-refractivity contribution < 1.29 is 41.1 Å². The maximum atomic E-state index is 12.1. The maximum absolute atomic E-state index is 12.1. The zero-order valence-electron chi connectivity index (χ0n) is 28.3. The zero-order chi connectivity index (χ0) is 33.2. The number of carbonyl (C=O) groups excluding carboxylic acids is 1. The molecule has 4 saturated heterocycles. The number of esters is 1. The van der Waals surface area contributed by atoms with Crippen LogP contribution in [-0.4, -0.2) is 60.7 Å². The van der Waals surface area contributed by atoms with Crippen molar-refractivity contribution in [2.45, 2.75) is 64.1 Å². The largest absolute Gasteiger partial charge is 2.00 e. The minimum atomic E-state index is -0.793. The van der Waals surface area contributed by atoms with Crippen LogP contribution >= 0.6 is 11.6 Å². The van der Waals surface area contributed by atoms with E-state index in [0.717, 1.165) is 55.4 Å². The fraction of sp³-hybridized carbons (Fsp3) is 0.474. The van der Waals surface area contributed by atoms with Gasteiger partial charge in [-0.2, -0.15) is 0 Å². The Labute approximate surface area is 303 Å². The van der Waals surface area contributed by atoms with E-state index in [1.807, 2.05) is 76.4 Å². The first-order valence-electron chi connectivity index (χ1n) is 16.7. The number of anilines is 1. The summed E-state index contributed by atoms with van der Waals surface area (Å²) in [5.74, 6) is 2.55. The summed E-state index contributed by atoms with van der Waals surface area (Å²) in [6, 6.07) is 7.81. The van der Waals surface area contributed by atoms with Gasteiger partial charge in [-0.25, -0.2) is 9.78 Å². The fourth-order valence-electron chi connectivity index (χ4n) is 7.71. The van der Waals surface area contributed by atoms with Gasteiger partial charge in [0.1, 0.15) is 0 Å². The number of nitrogens with one attached hydrogen (secondary N) is 1. The van der Waals surface area contributed by atoms with Gasteiger partial charge in [-0.1, -0.05) is 25.4 Å². The summed E-state index contributed by atoms with van der Waals surface area (Å²) in [7, 11) is 4.18. The molecule has 3 saturated carbocycles. The Kier molecular flexibility index (Phi) is 12.8. The van der Waals surface area contributed by atoms with Crippen LogP contribution in [0.1, 0.15) is 46.5 Å². The van der Waals surface area contributed by atoms with Gasteiger partial charge in [0.2, 0.25) is 12.1 Å².